The summed E-state index contributed by atoms with van der Waals surface area (Å²) in [7, 11) is 0. The Morgan fingerprint density at radius 3 is 2.80 bits per heavy atom. The van der Waals surface area contributed by atoms with E-state index in [0.29, 0.717) is 16.7 Å². The van der Waals surface area contributed by atoms with Gasteiger partial charge < -0.3 is 10.6 Å². The van der Waals surface area contributed by atoms with Crippen molar-refractivity contribution in [2.45, 2.75) is 12.5 Å². The number of carbonyl (C=O) groups is 3. The molecule has 1 aliphatic heterocycles. The number of nitrogens with zero attached hydrogens (tertiary/aromatic N) is 4. The molecule has 2 heterocycles. The number of urea groups is 1. The Kier molecular flexibility index (Phi) is 4.62. The van der Waals surface area contributed by atoms with Gasteiger partial charge in [0.15, 0.2) is 0 Å². The van der Waals surface area contributed by atoms with E-state index < -0.39 is 34.9 Å². The number of rotatable bonds is 5. The molecule has 0 spiro atoms. The zero-order chi connectivity index (χ0) is 21.5. The molecular weight excluding hydrogens is 412 g/mol. The third-order valence-corrected chi connectivity index (χ3v) is 5.31. The van der Waals surface area contributed by atoms with E-state index in [1.165, 1.54) is 31.2 Å². The number of hydrogen-bond acceptors (Lipinski definition) is 8. The average molecular weight is 426 g/mol. The van der Waals surface area contributed by atoms with Gasteiger partial charge in [-0.2, -0.15) is 8.75 Å². The van der Waals surface area contributed by atoms with Gasteiger partial charge in [-0.15, -0.1) is 0 Å². The van der Waals surface area contributed by atoms with Gasteiger partial charge in [0, 0.05) is 12.1 Å². The molecule has 1 aliphatic rings. The van der Waals surface area contributed by atoms with Crippen molar-refractivity contribution >= 4 is 52.0 Å². The van der Waals surface area contributed by atoms with Crippen LogP contribution in [0.3, 0.4) is 0 Å². The first-order valence-electron chi connectivity index (χ1n) is 8.70. The molecule has 30 heavy (non-hydrogen) atoms. The largest absolute Gasteiger partial charge is 0.325 e. The lowest BCUT2D eigenvalue weighted by Gasteiger charge is -2.22. The molecule has 4 amide bonds. The number of amides is 4. The zero-order valence-corrected chi connectivity index (χ0v) is 16.3. The number of hydrogen-bond donors (Lipinski definition) is 2. The van der Waals surface area contributed by atoms with E-state index in [9.17, 15) is 24.5 Å². The summed E-state index contributed by atoms with van der Waals surface area (Å²) in [6, 6.07) is 9.76. The summed E-state index contributed by atoms with van der Waals surface area (Å²) in [5.74, 6) is -1.28. The molecule has 3 aromatic rings. The van der Waals surface area contributed by atoms with Crippen LogP contribution in [-0.4, -0.2) is 43.0 Å². The molecule has 0 saturated carbocycles. The van der Waals surface area contributed by atoms with Crippen LogP contribution in [-0.2, 0) is 15.1 Å². The third kappa shape index (κ3) is 3.22. The Labute approximate surface area is 173 Å². The van der Waals surface area contributed by atoms with Gasteiger partial charge in [0.1, 0.15) is 23.1 Å². The lowest BCUT2D eigenvalue weighted by atomic mass is 9.91. The predicted octanol–water partition coefficient (Wildman–Crippen LogP) is 2.01. The number of nitrogens with one attached hydrogen (secondary N) is 2. The molecule has 2 N–H and O–H groups in total. The first-order chi connectivity index (χ1) is 14.3. The van der Waals surface area contributed by atoms with E-state index in [4.69, 9.17) is 0 Å². The normalized spacial score (nSPS) is 18.5. The summed E-state index contributed by atoms with van der Waals surface area (Å²) >= 11 is 1.00. The minimum atomic E-state index is -1.53. The predicted molar refractivity (Wildman–Crippen MR) is 107 cm³/mol. The van der Waals surface area contributed by atoms with E-state index in [1.807, 2.05) is 0 Å². The highest BCUT2D eigenvalue weighted by molar-refractivity contribution is 7.00. The summed E-state index contributed by atoms with van der Waals surface area (Å²) in [6.45, 7) is 0.912. The molecule has 0 radical (unpaired) electrons. The van der Waals surface area contributed by atoms with Crippen molar-refractivity contribution in [2.24, 2.45) is 0 Å². The molecular formula is C18H14N6O5S. The van der Waals surface area contributed by atoms with Crippen LogP contribution in [0.5, 0.6) is 0 Å². The molecule has 152 valence electrons. The van der Waals surface area contributed by atoms with Crippen LogP contribution in [0.25, 0.3) is 11.0 Å². The number of imide groups is 1. The van der Waals surface area contributed by atoms with E-state index in [-0.39, 0.29) is 11.3 Å². The molecule has 1 atom stereocenters. The van der Waals surface area contributed by atoms with E-state index >= 15 is 0 Å². The number of fused-ring (bicyclic) bond motifs is 1. The van der Waals surface area contributed by atoms with Crippen LogP contribution < -0.4 is 10.6 Å². The highest BCUT2D eigenvalue weighted by Gasteiger charge is 2.49. The Hall–Kier alpha value is -3.93. The van der Waals surface area contributed by atoms with Crippen molar-refractivity contribution < 1.29 is 19.3 Å². The van der Waals surface area contributed by atoms with E-state index in [0.717, 1.165) is 16.6 Å². The Balaban J connectivity index is 1.54. The molecule has 1 saturated heterocycles. The number of non-ortho nitro benzene ring substituents is 1. The van der Waals surface area contributed by atoms with Gasteiger partial charge in [-0.1, -0.05) is 18.2 Å². The first-order valence-corrected chi connectivity index (χ1v) is 9.43. The van der Waals surface area contributed by atoms with Crippen LogP contribution in [0.4, 0.5) is 16.2 Å². The van der Waals surface area contributed by atoms with Crippen molar-refractivity contribution in [2.75, 3.05) is 11.9 Å². The van der Waals surface area contributed by atoms with Crippen LogP contribution in [0.2, 0.25) is 0 Å². The second kappa shape index (κ2) is 7.15. The topological polar surface area (TPSA) is 147 Å². The minimum absolute atomic E-state index is 0.211. The highest BCUT2D eigenvalue weighted by atomic mass is 32.1. The van der Waals surface area contributed by atoms with Crippen molar-refractivity contribution in [1.82, 2.24) is 19.0 Å². The van der Waals surface area contributed by atoms with E-state index in [2.05, 4.69) is 19.4 Å². The smallest absolute Gasteiger partial charge is 0.323 e. The van der Waals surface area contributed by atoms with Gasteiger partial charge in [0.2, 0.25) is 5.91 Å². The second-order valence-electron chi connectivity index (χ2n) is 6.74. The molecule has 2 aromatic carbocycles. The van der Waals surface area contributed by atoms with Crippen molar-refractivity contribution in [3.8, 4) is 0 Å². The summed E-state index contributed by atoms with van der Waals surface area (Å²) in [6.07, 6.45) is 0. The maximum absolute atomic E-state index is 13.0. The van der Waals surface area contributed by atoms with Gasteiger partial charge in [-0.05, 0) is 24.6 Å². The fourth-order valence-electron chi connectivity index (χ4n) is 3.21. The molecule has 12 heteroatoms. The summed E-state index contributed by atoms with van der Waals surface area (Å²) < 4.78 is 8.21. The molecule has 0 bridgehead atoms. The zero-order valence-electron chi connectivity index (χ0n) is 15.5. The van der Waals surface area contributed by atoms with E-state index in [1.54, 1.807) is 18.2 Å². The maximum atomic E-state index is 13.0. The van der Waals surface area contributed by atoms with Crippen LogP contribution >= 0.6 is 11.7 Å². The van der Waals surface area contributed by atoms with Crippen molar-refractivity contribution in [3.05, 3.63) is 58.1 Å². The standard InChI is InChI=1S/C18H14N6O5S/c1-18(10-4-2-5-11(8-10)24(28)29)16(26)23(17(27)20-18)9-14(25)19-12-6-3-7-13-15(12)22-30-21-13/h2-8H,9H2,1H3,(H,19,25)(H,20,27). The number of nitro benzene ring substituents is 1. The number of carbonyl (C=O) groups excluding carboxylic acids is 3. The number of aromatic nitrogens is 2. The summed E-state index contributed by atoms with van der Waals surface area (Å²) in [5, 5.41) is 16.2. The molecule has 11 nitrogen and oxygen atoms in total. The molecule has 1 fully saturated rings. The molecule has 0 aliphatic carbocycles. The molecule has 1 unspecified atom stereocenters. The Morgan fingerprint density at radius 1 is 1.27 bits per heavy atom. The third-order valence-electron chi connectivity index (χ3n) is 4.77. The molecule has 4 rings (SSSR count). The average Bonchev–Trinajstić information content (AvgIpc) is 3.28. The monoisotopic (exact) mass is 426 g/mol. The minimum Gasteiger partial charge on any atom is -0.323 e. The number of benzene rings is 2. The quantitative estimate of drug-likeness (QED) is 0.360. The Bertz CT molecular complexity index is 1210. The lowest BCUT2D eigenvalue weighted by Crippen LogP contribution is -2.42. The van der Waals surface area contributed by atoms with Gasteiger partial charge in [0.05, 0.1) is 22.3 Å². The number of anilines is 1. The van der Waals surface area contributed by atoms with Crippen LogP contribution in [0, 0.1) is 10.1 Å². The van der Waals surface area contributed by atoms with Crippen molar-refractivity contribution in [1.29, 1.82) is 0 Å². The lowest BCUT2D eigenvalue weighted by molar-refractivity contribution is -0.385. The van der Waals surface area contributed by atoms with Crippen molar-refractivity contribution in [3.63, 3.8) is 0 Å². The van der Waals surface area contributed by atoms with Gasteiger partial charge >= 0.3 is 6.03 Å². The van der Waals surface area contributed by atoms with Gasteiger partial charge in [-0.25, -0.2) is 4.79 Å². The number of nitro groups is 1. The van der Waals surface area contributed by atoms with Gasteiger partial charge in [0.25, 0.3) is 11.6 Å². The summed E-state index contributed by atoms with van der Waals surface area (Å²) in [5.41, 5.74) is 0.0517. The Morgan fingerprint density at radius 2 is 2.03 bits per heavy atom. The van der Waals surface area contributed by atoms with Crippen LogP contribution in [0.15, 0.2) is 42.5 Å². The molecule has 1 aromatic heterocycles. The SMILES string of the molecule is CC1(c2cccc([N+](=O)[O-])c2)NC(=O)N(CC(=O)Nc2cccc3nsnc23)C1=O. The first kappa shape index (κ1) is 19.4. The second-order valence-corrected chi connectivity index (χ2v) is 7.27. The fourth-order valence-corrected chi connectivity index (χ4v) is 3.76. The van der Waals surface area contributed by atoms with Crippen LogP contribution in [0.1, 0.15) is 12.5 Å². The highest BCUT2D eigenvalue weighted by Crippen LogP contribution is 2.31. The summed E-state index contributed by atoms with van der Waals surface area (Å²) in [4.78, 5) is 49.1. The fraction of sp³-hybridized carbons (Fsp3) is 0.167. The van der Waals surface area contributed by atoms with Gasteiger partial charge in [-0.3, -0.25) is 24.6 Å². The maximum Gasteiger partial charge on any atom is 0.325 e.